The summed E-state index contributed by atoms with van der Waals surface area (Å²) in [5, 5.41) is 0. The Morgan fingerprint density at radius 2 is 0.875 bits per heavy atom. The highest BCUT2D eigenvalue weighted by atomic mass is 19.4. The SMILES string of the molecule is NC(F)(F)C(F)(F)N(C(F)(F)F)C(F)(F)F. The monoisotopic (exact) mass is 268 g/mol. The lowest BCUT2D eigenvalue weighted by atomic mass is 10.4. The van der Waals surface area contributed by atoms with Crippen LogP contribution in [0.15, 0.2) is 0 Å². The molecule has 0 atom stereocenters. The molecule has 16 heavy (non-hydrogen) atoms. The van der Waals surface area contributed by atoms with Gasteiger partial charge in [0, 0.05) is 0 Å². The molecule has 0 aliphatic rings. The van der Waals surface area contributed by atoms with Crippen LogP contribution in [0.3, 0.4) is 0 Å². The maximum Gasteiger partial charge on any atom is 0.472 e. The van der Waals surface area contributed by atoms with Gasteiger partial charge in [0.1, 0.15) is 0 Å². The summed E-state index contributed by atoms with van der Waals surface area (Å²) in [6, 6.07) is -12.7. The molecule has 0 radical (unpaired) electrons. The fraction of sp³-hybridized carbons (Fsp3) is 1.00. The third kappa shape index (κ3) is 2.87. The predicted molar refractivity (Wildman–Crippen MR) is 28.0 cm³/mol. The molecule has 0 heterocycles. The third-order valence-corrected chi connectivity index (χ3v) is 1.19. The minimum atomic E-state index is -6.76. The summed E-state index contributed by atoms with van der Waals surface area (Å²) in [6.45, 7) is 0. The van der Waals surface area contributed by atoms with E-state index < -0.39 is 29.6 Å². The molecule has 0 aromatic heterocycles. The van der Waals surface area contributed by atoms with Crippen molar-refractivity contribution in [1.82, 2.24) is 4.90 Å². The van der Waals surface area contributed by atoms with Gasteiger partial charge in [-0.2, -0.15) is 43.9 Å². The Balaban J connectivity index is 5.57. The molecule has 0 saturated carbocycles. The van der Waals surface area contributed by atoms with Crippen LogP contribution < -0.4 is 5.73 Å². The van der Waals surface area contributed by atoms with E-state index in [-0.39, 0.29) is 0 Å². The van der Waals surface area contributed by atoms with Gasteiger partial charge in [-0.3, -0.25) is 5.73 Å². The Labute approximate surface area is 80.6 Å². The molecule has 0 aromatic rings. The van der Waals surface area contributed by atoms with Gasteiger partial charge in [-0.1, -0.05) is 4.90 Å². The van der Waals surface area contributed by atoms with Gasteiger partial charge in [-0.15, -0.1) is 0 Å². The first-order chi connectivity index (χ1) is 6.62. The van der Waals surface area contributed by atoms with Crippen molar-refractivity contribution >= 4 is 0 Å². The molecular weight excluding hydrogens is 266 g/mol. The van der Waals surface area contributed by atoms with Crippen molar-refractivity contribution in [2.45, 2.75) is 24.7 Å². The second kappa shape index (κ2) is 3.61. The summed E-state index contributed by atoms with van der Waals surface area (Å²) in [7, 11) is 0. The van der Waals surface area contributed by atoms with Crippen molar-refractivity contribution in [2.24, 2.45) is 5.73 Å². The quantitative estimate of drug-likeness (QED) is 0.615. The number of nitrogens with two attached hydrogens (primary N) is 1. The van der Waals surface area contributed by atoms with Crippen LogP contribution in [0.25, 0.3) is 0 Å². The average molecular weight is 268 g/mol. The van der Waals surface area contributed by atoms with E-state index in [4.69, 9.17) is 0 Å². The summed E-state index contributed by atoms with van der Waals surface area (Å²) in [5.74, 6) is 0. The standard InChI is InChI=1S/C4H2F10N2/c5-1(6,15)2(7,8)16(3(9,10)11)4(12,13)14/h15H2. The zero-order valence-electron chi connectivity index (χ0n) is 6.80. The van der Waals surface area contributed by atoms with Gasteiger partial charge in [0.15, 0.2) is 0 Å². The van der Waals surface area contributed by atoms with Crippen molar-refractivity contribution < 1.29 is 43.9 Å². The maximum atomic E-state index is 12.2. The largest absolute Gasteiger partial charge is 0.472 e. The van der Waals surface area contributed by atoms with E-state index >= 15 is 0 Å². The van der Waals surface area contributed by atoms with E-state index in [1.165, 1.54) is 0 Å². The van der Waals surface area contributed by atoms with Gasteiger partial charge in [-0.25, -0.2) is 0 Å². The summed E-state index contributed by atoms with van der Waals surface area (Å²) in [5.41, 5.74) is 3.28. The van der Waals surface area contributed by atoms with E-state index in [2.05, 4.69) is 5.73 Å². The molecule has 0 rings (SSSR count). The Hall–Kier alpha value is -0.780. The normalized spacial score (nSPS) is 15.8. The second-order valence-electron chi connectivity index (χ2n) is 2.44. The summed E-state index contributed by atoms with van der Waals surface area (Å²) < 4.78 is 117. The van der Waals surface area contributed by atoms with Crippen LogP contribution in [0.5, 0.6) is 0 Å². The highest BCUT2D eigenvalue weighted by molar-refractivity contribution is 4.83. The first kappa shape index (κ1) is 15.2. The molecule has 0 unspecified atom stereocenters. The van der Waals surface area contributed by atoms with Crippen LogP contribution in [-0.2, 0) is 0 Å². The summed E-state index contributed by atoms with van der Waals surface area (Å²) in [6.07, 6.45) is -13.5. The number of nitrogens with zero attached hydrogens (tertiary/aromatic N) is 1. The molecular formula is C4H2F10N2. The molecule has 0 amide bonds. The Bertz CT molecular complexity index is 231. The first-order valence-electron chi connectivity index (χ1n) is 3.10. The minimum Gasteiger partial charge on any atom is -0.265 e. The lowest BCUT2D eigenvalue weighted by Crippen LogP contribution is -2.67. The van der Waals surface area contributed by atoms with Gasteiger partial charge < -0.3 is 0 Å². The smallest absolute Gasteiger partial charge is 0.265 e. The van der Waals surface area contributed by atoms with Gasteiger partial charge >= 0.3 is 24.7 Å². The molecule has 0 aliphatic carbocycles. The van der Waals surface area contributed by atoms with Crippen molar-refractivity contribution in [1.29, 1.82) is 0 Å². The van der Waals surface area contributed by atoms with E-state index in [0.717, 1.165) is 0 Å². The molecule has 0 spiro atoms. The number of hydrogen-bond acceptors (Lipinski definition) is 2. The summed E-state index contributed by atoms with van der Waals surface area (Å²) in [4.78, 5) is -3.56. The molecule has 2 N–H and O–H groups in total. The van der Waals surface area contributed by atoms with Crippen LogP contribution in [0.4, 0.5) is 43.9 Å². The van der Waals surface area contributed by atoms with E-state index in [1.807, 2.05) is 0 Å². The van der Waals surface area contributed by atoms with Crippen molar-refractivity contribution in [3.63, 3.8) is 0 Å². The number of alkyl halides is 10. The van der Waals surface area contributed by atoms with Crippen molar-refractivity contribution in [3.05, 3.63) is 0 Å². The molecule has 0 saturated heterocycles. The highest BCUT2D eigenvalue weighted by Gasteiger charge is 2.73. The molecule has 0 bridgehead atoms. The van der Waals surface area contributed by atoms with E-state index in [0.29, 0.717) is 0 Å². The van der Waals surface area contributed by atoms with Gasteiger partial charge in [0.05, 0.1) is 0 Å². The molecule has 0 aromatic carbocycles. The van der Waals surface area contributed by atoms with E-state index in [1.54, 1.807) is 0 Å². The van der Waals surface area contributed by atoms with Crippen LogP contribution in [-0.4, -0.2) is 29.6 Å². The minimum absolute atomic E-state index is 3.28. The van der Waals surface area contributed by atoms with Crippen molar-refractivity contribution in [3.8, 4) is 0 Å². The Morgan fingerprint density at radius 1 is 0.625 bits per heavy atom. The van der Waals surface area contributed by atoms with Crippen molar-refractivity contribution in [2.75, 3.05) is 0 Å². The molecule has 2 nitrogen and oxygen atoms in total. The fourth-order valence-electron chi connectivity index (χ4n) is 0.611. The molecule has 0 aliphatic heterocycles. The number of rotatable bonds is 2. The van der Waals surface area contributed by atoms with E-state index in [9.17, 15) is 43.9 Å². The average Bonchev–Trinajstić information content (AvgIpc) is 1.72. The van der Waals surface area contributed by atoms with Crippen LogP contribution >= 0.6 is 0 Å². The van der Waals surface area contributed by atoms with Gasteiger partial charge in [0.2, 0.25) is 0 Å². The Morgan fingerprint density at radius 3 is 0.938 bits per heavy atom. The molecule has 0 fully saturated rings. The number of halogens is 10. The third-order valence-electron chi connectivity index (χ3n) is 1.19. The molecule has 12 heteroatoms. The van der Waals surface area contributed by atoms with Crippen LogP contribution in [0.1, 0.15) is 0 Å². The predicted octanol–water partition coefficient (Wildman–Crippen LogP) is 2.47. The lowest BCUT2D eigenvalue weighted by molar-refractivity contribution is -0.468. The number of hydrogen-bond donors (Lipinski definition) is 1. The van der Waals surface area contributed by atoms with Gasteiger partial charge in [0.25, 0.3) is 0 Å². The van der Waals surface area contributed by atoms with Gasteiger partial charge in [-0.05, 0) is 0 Å². The highest BCUT2D eigenvalue weighted by Crippen LogP contribution is 2.46. The zero-order chi connectivity index (χ0) is 13.6. The fourth-order valence-corrected chi connectivity index (χ4v) is 0.611. The zero-order valence-corrected chi connectivity index (χ0v) is 6.80. The lowest BCUT2D eigenvalue weighted by Gasteiger charge is -2.35. The summed E-state index contributed by atoms with van der Waals surface area (Å²) >= 11 is 0. The first-order valence-corrected chi connectivity index (χ1v) is 3.10. The van der Waals surface area contributed by atoms with Crippen LogP contribution in [0.2, 0.25) is 0 Å². The molecule has 98 valence electrons. The maximum absolute atomic E-state index is 12.2. The van der Waals surface area contributed by atoms with Crippen LogP contribution in [0, 0.1) is 0 Å². The topological polar surface area (TPSA) is 29.3 Å². The Kier molecular flexibility index (Phi) is 3.44. The second-order valence-corrected chi connectivity index (χ2v) is 2.44.